The molecule has 0 aromatic heterocycles. The highest BCUT2D eigenvalue weighted by Gasteiger charge is 2.18. The topological polar surface area (TPSA) is 12.4 Å². The van der Waals surface area contributed by atoms with E-state index in [1.165, 1.54) is 43.6 Å². The Morgan fingerprint density at radius 3 is 2.57 bits per heavy atom. The van der Waals surface area contributed by atoms with Crippen molar-refractivity contribution in [2.75, 3.05) is 0 Å². The molecule has 1 heterocycles. The van der Waals surface area contributed by atoms with Gasteiger partial charge in [-0.05, 0) is 24.3 Å². The third kappa shape index (κ3) is 2.74. The van der Waals surface area contributed by atoms with Gasteiger partial charge in [0.15, 0.2) is 0 Å². The molecule has 0 N–H and O–H groups in total. The van der Waals surface area contributed by atoms with Crippen molar-refractivity contribution in [1.82, 2.24) is 0 Å². The summed E-state index contributed by atoms with van der Waals surface area (Å²) < 4.78 is 0. The largest absolute Gasteiger partial charge is 0.253 e. The Kier molecular flexibility index (Phi) is 3.87. The lowest BCUT2D eigenvalue weighted by molar-refractivity contribution is 0.702. The highest BCUT2D eigenvalue weighted by molar-refractivity contribution is 8.16. The van der Waals surface area contributed by atoms with Crippen molar-refractivity contribution in [3.8, 4) is 0 Å². The van der Waals surface area contributed by atoms with E-state index in [9.17, 15) is 0 Å². The SMILES string of the molecule is C1=CN=C([C]2CCCCCC2)SC=C1. The number of nitrogens with zero attached hydrogens (tertiary/aromatic N) is 1. The molecule has 2 aliphatic rings. The highest BCUT2D eigenvalue weighted by Crippen LogP contribution is 2.31. The number of hydrogen-bond acceptors (Lipinski definition) is 2. The van der Waals surface area contributed by atoms with E-state index in [0.29, 0.717) is 0 Å². The molecule has 0 amide bonds. The van der Waals surface area contributed by atoms with Crippen LogP contribution in [-0.2, 0) is 0 Å². The summed E-state index contributed by atoms with van der Waals surface area (Å²) in [6.45, 7) is 0. The monoisotopic (exact) mass is 206 g/mol. The predicted octanol–water partition coefficient (Wildman–Crippen LogP) is 4.09. The molecule has 0 aromatic carbocycles. The average Bonchev–Trinajstić information content (AvgIpc) is 2.62. The Labute approximate surface area is 90.4 Å². The number of rotatable bonds is 1. The molecule has 0 unspecified atom stereocenters. The normalized spacial score (nSPS) is 24.1. The van der Waals surface area contributed by atoms with E-state index in [1.807, 2.05) is 12.3 Å². The second-order valence-corrected chi connectivity index (χ2v) is 4.63. The Hall–Kier alpha value is -0.500. The number of aliphatic imine (C=N–C) groups is 1. The first-order valence-electron chi connectivity index (χ1n) is 5.38. The molecule has 2 rings (SSSR count). The summed E-state index contributed by atoms with van der Waals surface area (Å²) in [7, 11) is 0. The van der Waals surface area contributed by atoms with Gasteiger partial charge in [-0.3, -0.25) is 4.99 Å². The fraction of sp³-hybridized carbons (Fsp3) is 0.500. The van der Waals surface area contributed by atoms with E-state index in [1.54, 1.807) is 17.7 Å². The third-order valence-corrected chi connectivity index (χ3v) is 3.57. The molecular weight excluding hydrogens is 190 g/mol. The van der Waals surface area contributed by atoms with Gasteiger partial charge in [-0.25, -0.2) is 0 Å². The first kappa shape index (κ1) is 10.0. The van der Waals surface area contributed by atoms with E-state index in [4.69, 9.17) is 0 Å². The maximum atomic E-state index is 4.49. The van der Waals surface area contributed by atoms with Gasteiger partial charge >= 0.3 is 0 Å². The van der Waals surface area contributed by atoms with Crippen molar-refractivity contribution in [3.05, 3.63) is 29.7 Å². The fourth-order valence-corrected chi connectivity index (χ4v) is 2.67. The molecule has 14 heavy (non-hydrogen) atoms. The van der Waals surface area contributed by atoms with Crippen molar-refractivity contribution >= 4 is 16.8 Å². The van der Waals surface area contributed by atoms with Crippen LogP contribution < -0.4 is 0 Å². The lowest BCUT2D eigenvalue weighted by atomic mass is 10.0. The van der Waals surface area contributed by atoms with Gasteiger partial charge in [-0.15, -0.1) is 0 Å². The van der Waals surface area contributed by atoms with E-state index >= 15 is 0 Å². The maximum absolute atomic E-state index is 4.49. The highest BCUT2D eigenvalue weighted by atomic mass is 32.2. The van der Waals surface area contributed by atoms with Gasteiger partial charge in [0.05, 0.1) is 5.04 Å². The predicted molar refractivity (Wildman–Crippen MR) is 64.3 cm³/mol. The number of hydrogen-bond donors (Lipinski definition) is 0. The van der Waals surface area contributed by atoms with Crippen LogP contribution in [0.1, 0.15) is 38.5 Å². The fourth-order valence-electron chi connectivity index (χ4n) is 1.88. The first-order valence-corrected chi connectivity index (χ1v) is 6.26. The second-order valence-electron chi connectivity index (χ2n) is 3.74. The second kappa shape index (κ2) is 5.40. The van der Waals surface area contributed by atoms with Crippen LogP contribution in [0.15, 0.2) is 28.8 Å². The Morgan fingerprint density at radius 1 is 1.00 bits per heavy atom. The summed E-state index contributed by atoms with van der Waals surface area (Å²) in [4.78, 5) is 4.49. The molecule has 75 valence electrons. The maximum Gasteiger partial charge on any atom is 0.0844 e. The Balaban J connectivity index is 2.01. The van der Waals surface area contributed by atoms with Crippen LogP contribution >= 0.6 is 11.8 Å². The number of thioether (sulfide) groups is 1. The minimum atomic E-state index is 1.25. The molecule has 1 saturated carbocycles. The van der Waals surface area contributed by atoms with E-state index < -0.39 is 0 Å². The van der Waals surface area contributed by atoms with Crippen LogP contribution in [0.5, 0.6) is 0 Å². The van der Waals surface area contributed by atoms with Crippen LogP contribution in [-0.4, -0.2) is 5.04 Å². The molecule has 0 atom stereocenters. The summed E-state index contributed by atoms with van der Waals surface area (Å²) in [6, 6.07) is 0. The van der Waals surface area contributed by atoms with Gasteiger partial charge in [0, 0.05) is 12.1 Å². The molecule has 0 aromatic rings. The summed E-state index contributed by atoms with van der Waals surface area (Å²) in [5.74, 6) is 1.57. The van der Waals surface area contributed by atoms with E-state index in [-0.39, 0.29) is 0 Å². The van der Waals surface area contributed by atoms with E-state index in [0.717, 1.165) is 0 Å². The molecule has 1 fully saturated rings. The molecule has 1 aliphatic heterocycles. The minimum absolute atomic E-state index is 1.25. The Bertz CT molecular complexity index is 257. The van der Waals surface area contributed by atoms with Crippen LogP contribution in [0.25, 0.3) is 0 Å². The van der Waals surface area contributed by atoms with Crippen molar-refractivity contribution in [3.63, 3.8) is 0 Å². The van der Waals surface area contributed by atoms with Gasteiger partial charge < -0.3 is 0 Å². The summed E-state index contributed by atoms with van der Waals surface area (Å²) in [5, 5.41) is 3.37. The molecule has 1 radical (unpaired) electrons. The standard InChI is InChI=1S/C12H16NS/c1-2-4-8-11(7-3-1)12-13-9-5-6-10-14-12/h5-6,9-10H,1-4,7-8H2. The van der Waals surface area contributed by atoms with Crippen LogP contribution in [0.2, 0.25) is 0 Å². The Morgan fingerprint density at radius 2 is 1.79 bits per heavy atom. The number of allylic oxidation sites excluding steroid dienone is 2. The molecule has 0 saturated heterocycles. The zero-order valence-corrected chi connectivity index (χ0v) is 9.22. The van der Waals surface area contributed by atoms with Crippen LogP contribution in [0.3, 0.4) is 0 Å². The summed E-state index contributed by atoms with van der Waals surface area (Å²) >= 11 is 1.77. The van der Waals surface area contributed by atoms with E-state index in [2.05, 4.69) is 16.5 Å². The molecular formula is C12H16NS. The molecule has 2 heteroatoms. The third-order valence-electron chi connectivity index (χ3n) is 2.66. The van der Waals surface area contributed by atoms with Gasteiger partial charge in [0.2, 0.25) is 0 Å². The lowest BCUT2D eigenvalue weighted by Crippen LogP contribution is -2.06. The van der Waals surface area contributed by atoms with Crippen molar-refractivity contribution in [1.29, 1.82) is 0 Å². The molecule has 0 spiro atoms. The van der Waals surface area contributed by atoms with Gasteiger partial charge in [0.25, 0.3) is 0 Å². The van der Waals surface area contributed by atoms with Crippen molar-refractivity contribution in [2.45, 2.75) is 38.5 Å². The summed E-state index contributed by atoms with van der Waals surface area (Å²) in [6.07, 6.45) is 14.0. The average molecular weight is 206 g/mol. The molecule has 1 nitrogen and oxygen atoms in total. The molecule has 0 bridgehead atoms. The zero-order chi connectivity index (χ0) is 9.64. The minimum Gasteiger partial charge on any atom is -0.253 e. The smallest absolute Gasteiger partial charge is 0.0844 e. The lowest BCUT2D eigenvalue weighted by Gasteiger charge is -2.13. The van der Waals surface area contributed by atoms with Crippen molar-refractivity contribution < 1.29 is 0 Å². The quantitative estimate of drug-likeness (QED) is 0.589. The van der Waals surface area contributed by atoms with Gasteiger partial charge in [-0.1, -0.05) is 43.5 Å². The first-order chi connectivity index (χ1) is 6.97. The van der Waals surface area contributed by atoms with Gasteiger partial charge in [-0.2, -0.15) is 0 Å². The van der Waals surface area contributed by atoms with Crippen LogP contribution in [0, 0.1) is 5.92 Å². The van der Waals surface area contributed by atoms with Crippen LogP contribution in [0.4, 0.5) is 0 Å². The summed E-state index contributed by atoms with van der Waals surface area (Å²) in [5.41, 5.74) is 0. The van der Waals surface area contributed by atoms with Crippen molar-refractivity contribution in [2.24, 2.45) is 4.99 Å². The zero-order valence-electron chi connectivity index (χ0n) is 8.41. The van der Waals surface area contributed by atoms with Gasteiger partial charge in [0.1, 0.15) is 0 Å². The molecule has 1 aliphatic carbocycles.